The number of carbonyl (C=O) groups excluding carboxylic acids is 1. The molecule has 1 aliphatic heterocycles. The molecule has 2 aromatic heterocycles. The number of nitriles is 1. The topological polar surface area (TPSA) is 70.7 Å². The number of thiophene rings is 1. The maximum atomic E-state index is 12.2. The van der Waals surface area contributed by atoms with Crippen LogP contribution in [0, 0.1) is 17.2 Å². The molecule has 1 aromatic carbocycles. The number of para-hydroxylation sites is 2. The molecular weight excluding hydrogens is 284 g/mol. The van der Waals surface area contributed by atoms with Gasteiger partial charge in [0.25, 0.3) is 0 Å². The summed E-state index contributed by atoms with van der Waals surface area (Å²) in [6.45, 7) is 0. The van der Waals surface area contributed by atoms with E-state index in [-0.39, 0.29) is 11.9 Å². The Morgan fingerprint density at radius 3 is 2.90 bits per heavy atom. The molecule has 2 atom stereocenters. The van der Waals surface area contributed by atoms with Gasteiger partial charge in [-0.3, -0.25) is 14.7 Å². The summed E-state index contributed by atoms with van der Waals surface area (Å²) < 4.78 is 1.95. The zero-order valence-electron chi connectivity index (χ0n) is 10.9. The predicted molar refractivity (Wildman–Crippen MR) is 79.9 cm³/mol. The second kappa shape index (κ2) is 4.43. The summed E-state index contributed by atoms with van der Waals surface area (Å²) in [5.74, 6) is -0.543. The molecule has 0 bridgehead atoms. The second-order valence-electron chi connectivity index (χ2n) is 4.85. The van der Waals surface area contributed by atoms with E-state index in [1.807, 2.05) is 46.3 Å². The van der Waals surface area contributed by atoms with Gasteiger partial charge in [-0.05, 0) is 23.6 Å². The number of nitrogens with zero attached hydrogens (tertiary/aromatic N) is 3. The molecule has 0 saturated carbocycles. The van der Waals surface area contributed by atoms with E-state index in [1.165, 1.54) is 0 Å². The van der Waals surface area contributed by atoms with Crippen LogP contribution in [0.15, 0.2) is 41.8 Å². The van der Waals surface area contributed by atoms with Gasteiger partial charge in [-0.1, -0.05) is 18.2 Å². The van der Waals surface area contributed by atoms with Crippen LogP contribution in [0.3, 0.4) is 0 Å². The van der Waals surface area contributed by atoms with Crippen LogP contribution in [0.2, 0.25) is 0 Å². The van der Waals surface area contributed by atoms with Crippen LogP contribution in [0.5, 0.6) is 0 Å². The number of fused-ring (bicyclic) bond motifs is 3. The molecule has 3 aromatic rings. The lowest BCUT2D eigenvalue weighted by molar-refractivity contribution is -0.119. The normalized spacial score (nSPS) is 20.8. The summed E-state index contributed by atoms with van der Waals surface area (Å²) in [6, 6.07) is 13.4. The van der Waals surface area contributed by atoms with Crippen molar-refractivity contribution in [1.29, 1.82) is 5.26 Å². The summed E-state index contributed by atoms with van der Waals surface area (Å²) in [5, 5.41) is 14.1. The highest BCUT2D eigenvalue weighted by atomic mass is 32.1. The lowest BCUT2D eigenvalue weighted by Gasteiger charge is -2.28. The Kier molecular flexibility index (Phi) is 2.56. The van der Waals surface area contributed by atoms with Crippen molar-refractivity contribution >= 4 is 34.2 Å². The van der Waals surface area contributed by atoms with Crippen LogP contribution < -0.4 is 5.32 Å². The van der Waals surface area contributed by atoms with E-state index in [9.17, 15) is 10.1 Å². The van der Waals surface area contributed by atoms with Crippen LogP contribution in [0.4, 0.5) is 5.95 Å². The van der Waals surface area contributed by atoms with Gasteiger partial charge in [0, 0.05) is 4.88 Å². The first kappa shape index (κ1) is 12.1. The molecule has 0 spiro atoms. The molecule has 3 heterocycles. The Bertz CT molecular complexity index is 875. The third-order valence-electron chi connectivity index (χ3n) is 3.68. The van der Waals surface area contributed by atoms with Crippen molar-refractivity contribution in [1.82, 2.24) is 9.55 Å². The van der Waals surface area contributed by atoms with E-state index in [1.54, 1.807) is 11.3 Å². The summed E-state index contributed by atoms with van der Waals surface area (Å²) in [7, 11) is 0. The SMILES string of the molecule is N#C[C@H]1C(=O)Nc2nc3ccccc3n2[C@H]1c1cccs1. The summed E-state index contributed by atoms with van der Waals surface area (Å²) in [6.07, 6.45) is 0. The van der Waals surface area contributed by atoms with Crippen LogP contribution in [-0.4, -0.2) is 15.5 Å². The van der Waals surface area contributed by atoms with Gasteiger partial charge < -0.3 is 0 Å². The van der Waals surface area contributed by atoms with Gasteiger partial charge in [0.2, 0.25) is 11.9 Å². The molecule has 21 heavy (non-hydrogen) atoms. The van der Waals surface area contributed by atoms with Crippen LogP contribution in [0.1, 0.15) is 10.9 Å². The number of imidazole rings is 1. The van der Waals surface area contributed by atoms with Crippen LogP contribution in [0.25, 0.3) is 11.0 Å². The number of carbonyl (C=O) groups is 1. The number of hydrogen-bond donors (Lipinski definition) is 1. The number of anilines is 1. The zero-order chi connectivity index (χ0) is 14.4. The lowest BCUT2D eigenvalue weighted by Crippen LogP contribution is -2.36. The molecule has 4 rings (SSSR count). The Morgan fingerprint density at radius 1 is 1.29 bits per heavy atom. The Morgan fingerprint density at radius 2 is 2.14 bits per heavy atom. The predicted octanol–water partition coefficient (Wildman–Crippen LogP) is 2.78. The molecule has 5 nitrogen and oxygen atoms in total. The van der Waals surface area contributed by atoms with Gasteiger partial charge in [-0.25, -0.2) is 4.98 Å². The minimum absolute atomic E-state index is 0.293. The summed E-state index contributed by atoms with van der Waals surface area (Å²) in [4.78, 5) is 17.6. The number of nitrogens with one attached hydrogen (secondary N) is 1. The molecule has 0 unspecified atom stereocenters. The maximum absolute atomic E-state index is 12.2. The fourth-order valence-corrected chi connectivity index (χ4v) is 3.63. The van der Waals surface area contributed by atoms with E-state index in [4.69, 9.17) is 0 Å². The van der Waals surface area contributed by atoms with Crippen molar-refractivity contribution in [3.05, 3.63) is 46.7 Å². The lowest BCUT2D eigenvalue weighted by atomic mass is 9.96. The van der Waals surface area contributed by atoms with Crippen LogP contribution in [-0.2, 0) is 4.79 Å². The third kappa shape index (κ3) is 1.68. The highest BCUT2D eigenvalue weighted by Crippen LogP contribution is 2.39. The van der Waals surface area contributed by atoms with Crippen molar-refractivity contribution in [2.75, 3.05) is 5.32 Å². The molecule has 0 radical (unpaired) electrons. The zero-order valence-corrected chi connectivity index (χ0v) is 11.7. The van der Waals surface area contributed by atoms with Crippen molar-refractivity contribution in [3.8, 4) is 6.07 Å². The molecule has 1 N–H and O–H groups in total. The minimum Gasteiger partial charge on any atom is -0.300 e. The molecule has 1 amide bonds. The summed E-state index contributed by atoms with van der Waals surface area (Å²) >= 11 is 1.55. The fraction of sp³-hybridized carbons (Fsp3) is 0.133. The largest absolute Gasteiger partial charge is 0.300 e. The highest BCUT2D eigenvalue weighted by Gasteiger charge is 2.39. The van der Waals surface area contributed by atoms with Gasteiger partial charge in [-0.15, -0.1) is 11.3 Å². The van der Waals surface area contributed by atoms with Gasteiger partial charge in [-0.2, -0.15) is 5.26 Å². The van der Waals surface area contributed by atoms with Gasteiger partial charge in [0.15, 0.2) is 5.92 Å². The van der Waals surface area contributed by atoms with E-state index in [0.29, 0.717) is 5.95 Å². The van der Waals surface area contributed by atoms with Crippen molar-refractivity contribution < 1.29 is 4.79 Å². The van der Waals surface area contributed by atoms with E-state index in [2.05, 4.69) is 16.4 Å². The monoisotopic (exact) mass is 294 g/mol. The van der Waals surface area contributed by atoms with E-state index >= 15 is 0 Å². The first-order valence-electron chi connectivity index (χ1n) is 6.50. The standard InChI is InChI=1S/C15H10N4OS/c16-8-9-13(12-6-3-7-21-12)19-11-5-2-1-4-10(11)17-15(19)18-14(9)20/h1-7,9,13H,(H,17,18,20)/t9-,13-/m1/s1. The first-order chi connectivity index (χ1) is 10.3. The Balaban J connectivity index is 2.04. The summed E-state index contributed by atoms with van der Waals surface area (Å²) in [5.41, 5.74) is 1.74. The third-order valence-corrected chi connectivity index (χ3v) is 4.62. The van der Waals surface area contributed by atoms with Gasteiger partial charge in [0.1, 0.15) is 0 Å². The van der Waals surface area contributed by atoms with Crippen molar-refractivity contribution in [2.45, 2.75) is 6.04 Å². The Labute approximate surface area is 124 Å². The number of amides is 1. The van der Waals surface area contributed by atoms with Crippen molar-refractivity contribution in [2.24, 2.45) is 5.92 Å². The minimum atomic E-state index is -0.756. The molecule has 0 fully saturated rings. The molecule has 0 saturated heterocycles. The van der Waals surface area contributed by atoms with Gasteiger partial charge in [0.05, 0.1) is 23.1 Å². The van der Waals surface area contributed by atoms with Crippen LogP contribution >= 0.6 is 11.3 Å². The molecule has 1 aliphatic rings. The van der Waals surface area contributed by atoms with E-state index in [0.717, 1.165) is 15.9 Å². The van der Waals surface area contributed by atoms with Crippen molar-refractivity contribution in [3.63, 3.8) is 0 Å². The molecular formula is C15H10N4OS. The average Bonchev–Trinajstić information content (AvgIpc) is 3.13. The Hall–Kier alpha value is -2.65. The number of hydrogen-bond acceptors (Lipinski definition) is 4. The maximum Gasteiger partial charge on any atom is 0.246 e. The number of benzene rings is 1. The molecule has 102 valence electrons. The smallest absolute Gasteiger partial charge is 0.246 e. The average molecular weight is 294 g/mol. The number of aromatic nitrogens is 2. The van der Waals surface area contributed by atoms with E-state index < -0.39 is 5.92 Å². The second-order valence-corrected chi connectivity index (χ2v) is 5.83. The fourth-order valence-electron chi connectivity index (χ4n) is 2.77. The first-order valence-corrected chi connectivity index (χ1v) is 7.38. The quantitative estimate of drug-likeness (QED) is 0.750. The van der Waals surface area contributed by atoms with Gasteiger partial charge >= 0.3 is 0 Å². The molecule has 6 heteroatoms. The highest BCUT2D eigenvalue weighted by molar-refractivity contribution is 7.10. The number of rotatable bonds is 1. The molecule has 0 aliphatic carbocycles.